The lowest BCUT2D eigenvalue weighted by Crippen LogP contribution is -2.33. The predicted octanol–water partition coefficient (Wildman–Crippen LogP) is 2.85. The number of hydrogen-bond acceptors (Lipinski definition) is 3. The average Bonchev–Trinajstić information content (AvgIpc) is 2.91. The molecule has 0 radical (unpaired) electrons. The van der Waals surface area contributed by atoms with Crippen molar-refractivity contribution in [3.8, 4) is 5.75 Å². The number of carbonyl (C=O) groups excluding carboxylic acids is 1. The fourth-order valence-electron chi connectivity index (χ4n) is 2.16. The maximum atomic E-state index is 12.1. The van der Waals surface area contributed by atoms with E-state index < -0.39 is 0 Å². The Bertz CT molecular complexity index is 511. The number of methoxy groups -OCH3 is 1. The summed E-state index contributed by atoms with van der Waals surface area (Å²) < 4.78 is 5.17. The lowest BCUT2D eigenvalue weighted by Gasteiger charge is -2.18. The number of urea groups is 1. The number of nitrogens with zero attached hydrogens (tertiary/aromatic N) is 1. The normalized spacial score (nSPS) is 18.2. The molecule has 0 bridgehead atoms. The van der Waals surface area contributed by atoms with E-state index in [0.29, 0.717) is 34.6 Å². The van der Waals surface area contributed by atoms with Gasteiger partial charge in [0.25, 0.3) is 0 Å². The van der Waals surface area contributed by atoms with E-state index in [0.717, 1.165) is 6.42 Å². The van der Waals surface area contributed by atoms with Crippen molar-refractivity contribution in [3.05, 3.63) is 22.2 Å². The van der Waals surface area contributed by atoms with Gasteiger partial charge in [-0.2, -0.15) is 0 Å². The standard InChI is InChI=1S/C13H16Cl2N2O3/c1-20-12-5-10(15)9(14)4-11(12)16-13(19)17-3-2-8(6-17)7-18/h4-5,8,18H,2-3,6-7H2,1H3,(H,16,19). The van der Waals surface area contributed by atoms with Crippen molar-refractivity contribution in [2.24, 2.45) is 5.92 Å². The van der Waals surface area contributed by atoms with E-state index in [4.69, 9.17) is 33.0 Å². The van der Waals surface area contributed by atoms with Gasteiger partial charge in [-0.15, -0.1) is 0 Å². The number of anilines is 1. The minimum absolute atomic E-state index is 0.0971. The molecule has 0 spiro atoms. The highest BCUT2D eigenvalue weighted by Gasteiger charge is 2.26. The first-order chi connectivity index (χ1) is 9.55. The SMILES string of the molecule is COc1cc(Cl)c(Cl)cc1NC(=O)N1CCC(CO)C1. The van der Waals surface area contributed by atoms with Crippen molar-refractivity contribution in [3.63, 3.8) is 0 Å². The molecular weight excluding hydrogens is 303 g/mol. The zero-order valence-corrected chi connectivity index (χ0v) is 12.5. The van der Waals surface area contributed by atoms with Gasteiger partial charge in [-0.05, 0) is 12.5 Å². The predicted molar refractivity (Wildman–Crippen MR) is 78.8 cm³/mol. The Kier molecular flexibility index (Phi) is 4.96. The number of benzene rings is 1. The van der Waals surface area contributed by atoms with E-state index >= 15 is 0 Å². The molecule has 0 saturated carbocycles. The van der Waals surface area contributed by atoms with Crippen LogP contribution in [0, 0.1) is 5.92 Å². The van der Waals surface area contributed by atoms with Gasteiger partial charge >= 0.3 is 6.03 Å². The molecule has 2 rings (SSSR count). The van der Waals surface area contributed by atoms with E-state index in [1.54, 1.807) is 17.0 Å². The van der Waals surface area contributed by atoms with Crippen molar-refractivity contribution in [2.45, 2.75) is 6.42 Å². The minimum Gasteiger partial charge on any atom is -0.495 e. The summed E-state index contributed by atoms with van der Waals surface area (Å²) in [5.74, 6) is 0.599. The van der Waals surface area contributed by atoms with Gasteiger partial charge in [0.2, 0.25) is 0 Å². The van der Waals surface area contributed by atoms with Crippen molar-refractivity contribution < 1.29 is 14.6 Å². The van der Waals surface area contributed by atoms with Gasteiger partial charge in [-0.3, -0.25) is 0 Å². The van der Waals surface area contributed by atoms with Crippen molar-refractivity contribution in [2.75, 3.05) is 32.1 Å². The number of nitrogens with one attached hydrogen (secondary N) is 1. The number of rotatable bonds is 3. The zero-order valence-electron chi connectivity index (χ0n) is 11.0. The Balaban J connectivity index is 2.10. The molecule has 1 unspecified atom stereocenters. The number of hydrogen-bond donors (Lipinski definition) is 2. The van der Waals surface area contributed by atoms with Gasteiger partial charge in [-0.25, -0.2) is 4.79 Å². The summed E-state index contributed by atoms with van der Waals surface area (Å²) in [6.45, 7) is 1.27. The molecule has 5 nitrogen and oxygen atoms in total. The molecule has 0 aromatic heterocycles. The van der Waals surface area contributed by atoms with Crippen LogP contribution >= 0.6 is 23.2 Å². The third-order valence-corrected chi connectivity index (χ3v) is 4.04. The largest absolute Gasteiger partial charge is 0.495 e. The Morgan fingerprint density at radius 3 is 2.80 bits per heavy atom. The van der Waals surface area contributed by atoms with Crippen molar-refractivity contribution >= 4 is 34.9 Å². The molecular formula is C13H16Cl2N2O3. The number of halogens is 2. The molecule has 20 heavy (non-hydrogen) atoms. The second kappa shape index (κ2) is 6.52. The molecule has 7 heteroatoms. The molecule has 1 heterocycles. The Hall–Kier alpha value is -1.17. The molecule has 2 amide bonds. The van der Waals surface area contributed by atoms with Crippen LogP contribution in [0.1, 0.15) is 6.42 Å². The Morgan fingerprint density at radius 2 is 2.20 bits per heavy atom. The van der Waals surface area contributed by atoms with Gasteiger partial charge < -0.3 is 20.1 Å². The van der Waals surface area contributed by atoms with Crippen LogP contribution in [-0.2, 0) is 0 Å². The topological polar surface area (TPSA) is 61.8 Å². The number of carbonyl (C=O) groups is 1. The average molecular weight is 319 g/mol. The molecule has 2 N–H and O–H groups in total. The summed E-state index contributed by atoms with van der Waals surface area (Å²) in [7, 11) is 1.49. The van der Waals surface area contributed by atoms with Gasteiger partial charge in [0, 0.05) is 31.7 Å². The van der Waals surface area contributed by atoms with Crippen LogP contribution in [0.2, 0.25) is 10.0 Å². The molecule has 1 aliphatic heterocycles. The van der Waals surface area contributed by atoms with Crippen LogP contribution in [-0.4, -0.2) is 42.8 Å². The molecule has 1 fully saturated rings. The lowest BCUT2D eigenvalue weighted by molar-refractivity contribution is 0.208. The summed E-state index contributed by atoms with van der Waals surface area (Å²) >= 11 is 11.8. The van der Waals surface area contributed by atoms with Gasteiger partial charge in [-0.1, -0.05) is 23.2 Å². The highest BCUT2D eigenvalue weighted by atomic mass is 35.5. The summed E-state index contributed by atoms with van der Waals surface area (Å²) in [6, 6.07) is 2.87. The quantitative estimate of drug-likeness (QED) is 0.900. The minimum atomic E-state index is -0.238. The van der Waals surface area contributed by atoms with Gasteiger partial charge in [0.05, 0.1) is 22.8 Å². The van der Waals surface area contributed by atoms with E-state index in [1.165, 1.54) is 7.11 Å². The lowest BCUT2D eigenvalue weighted by atomic mass is 10.1. The Labute approximate surface area is 127 Å². The maximum Gasteiger partial charge on any atom is 0.321 e. The van der Waals surface area contributed by atoms with E-state index in [2.05, 4.69) is 5.32 Å². The first-order valence-electron chi connectivity index (χ1n) is 6.25. The van der Waals surface area contributed by atoms with Crippen LogP contribution in [0.15, 0.2) is 12.1 Å². The van der Waals surface area contributed by atoms with Crippen molar-refractivity contribution in [1.82, 2.24) is 4.90 Å². The summed E-state index contributed by atoms with van der Waals surface area (Å²) in [5, 5.41) is 12.6. The van der Waals surface area contributed by atoms with Gasteiger partial charge in [0.15, 0.2) is 0 Å². The summed E-state index contributed by atoms with van der Waals surface area (Å²) in [5.41, 5.74) is 0.472. The second-order valence-electron chi connectivity index (χ2n) is 4.68. The van der Waals surface area contributed by atoms with Crippen LogP contribution in [0.5, 0.6) is 5.75 Å². The molecule has 0 aliphatic carbocycles. The highest BCUT2D eigenvalue weighted by Crippen LogP contribution is 2.34. The zero-order chi connectivity index (χ0) is 14.7. The second-order valence-corrected chi connectivity index (χ2v) is 5.49. The molecule has 1 saturated heterocycles. The first kappa shape index (κ1) is 15.2. The van der Waals surface area contributed by atoms with E-state index in [-0.39, 0.29) is 18.6 Å². The third kappa shape index (κ3) is 3.29. The summed E-state index contributed by atoms with van der Waals surface area (Å²) in [6.07, 6.45) is 0.808. The maximum absolute atomic E-state index is 12.1. The number of likely N-dealkylation sites (tertiary alicyclic amines) is 1. The molecule has 1 aromatic rings. The van der Waals surface area contributed by atoms with Crippen molar-refractivity contribution in [1.29, 1.82) is 0 Å². The Morgan fingerprint density at radius 1 is 1.50 bits per heavy atom. The number of amides is 2. The summed E-state index contributed by atoms with van der Waals surface area (Å²) in [4.78, 5) is 13.8. The number of aliphatic hydroxyl groups excluding tert-OH is 1. The van der Waals surface area contributed by atoms with E-state index in [1.807, 2.05) is 0 Å². The van der Waals surface area contributed by atoms with E-state index in [9.17, 15) is 4.79 Å². The highest BCUT2D eigenvalue weighted by molar-refractivity contribution is 6.42. The fourth-order valence-corrected chi connectivity index (χ4v) is 2.47. The molecule has 1 aliphatic rings. The van der Waals surface area contributed by atoms with Crippen LogP contribution in [0.25, 0.3) is 0 Å². The molecule has 1 atom stereocenters. The van der Waals surface area contributed by atoms with Crippen LogP contribution in [0.3, 0.4) is 0 Å². The fraction of sp³-hybridized carbons (Fsp3) is 0.462. The molecule has 110 valence electrons. The smallest absolute Gasteiger partial charge is 0.321 e. The first-order valence-corrected chi connectivity index (χ1v) is 7.00. The number of aliphatic hydroxyl groups is 1. The van der Waals surface area contributed by atoms with Crippen LogP contribution in [0.4, 0.5) is 10.5 Å². The van der Waals surface area contributed by atoms with Gasteiger partial charge in [0.1, 0.15) is 5.75 Å². The molecule has 1 aromatic carbocycles. The third-order valence-electron chi connectivity index (χ3n) is 3.32. The number of ether oxygens (including phenoxy) is 1. The monoisotopic (exact) mass is 318 g/mol. The van der Waals surface area contributed by atoms with Crippen LogP contribution < -0.4 is 10.1 Å².